The minimum Gasteiger partial charge on any atom is -0.396 e. The van der Waals surface area contributed by atoms with E-state index < -0.39 is 0 Å². The SMILES string of the molecule is CCC=C(CC)CCCCCCCC(CO)CCCCCC. The fourth-order valence-corrected chi connectivity index (χ4v) is 3.21. The van der Waals surface area contributed by atoms with Crippen molar-refractivity contribution in [3.8, 4) is 0 Å². The summed E-state index contributed by atoms with van der Waals surface area (Å²) in [5.41, 5.74) is 1.65. The molecule has 0 aliphatic heterocycles. The minimum atomic E-state index is 0.397. The van der Waals surface area contributed by atoms with Gasteiger partial charge in [-0.05, 0) is 44.4 Å². The Hall–Kier alpha value is -0.300. The van der Waals surface area contributed by atoms with Crippen LogP contribution < -0.4 is 0 Å². The lowest BCUT2D eigenvalue weighted by Gasteiger charge is -2.13. The molecule has 0 spiro atoms. The highest BCUT2D eigenvalue weighted by Crippen LogP contribution is 2.19. The highest BCUT2D eigenvalue weighted by molar-refractivity contribution is 5.00. The second-order valence-corrected chi connectivity index (χ2v) is 6.83. The molecular formula is C21H42O. The van der Waals surface area contributed by atoms with Gasteiger partial charge in [-0.1, -0.05) is 83.8 Å². The van der Waals surface area contributed by atoms with Crippen LogP contribution in [0.2, 0.25) is 0 Å². The van der Waals surface area contributed by atoms with E-state index in [0.29, 0.717) is 12.5 Å². The average molecular weight is 311 g/mol. The average Bonchev–Trinajstić information content (AvgIpc) is 2.54. The summed E-state index contributed by atoms with van der Waals surface area (Å²) in [4.78, 5) is 0. The van der Waals surface area contributed by atoms with Crippen molar-refractivity contribution in [1.82, 2.24) is 0 Å². The molecule has 0 radical (unpaired) electrons. The molecule has 1 N–H and O–H groups in total. The highest BCUT2D eigenvalue weighted by Gasteiger charge is 2.06. The molecule has 0 rings (SSSR count). The van der Waals surface area contributed by atoms with Crippen LogP contribution in [0.15, 0.2) is 11.6 Å². The number of hydrogen-bond acceptors (Lipinski definition) is 1. The maximum atomic E-state index is 9.46. The Morgan fingerprint density at radius 3 is 1.95 bits per heavy atom. The monoisotopic (exact) mass is 310 g/mol. The Balaban J connectivity index is 3.48. The van der Waals surface area contributed by atoms with Gasteiger partial charge in [-0.25, -0.2) is 0 Å². The van der Waals surface area contributed by atoms with Gasteiger partial charge < -0.3 is 5.11 Å². The zero-order chi connectivity index (χ0) is 16.5. The molecule has 0 bridgehead atoms. The Morgan fingerprint density at radius 2 is 1.41 bits per heavy atom. The number of allylic oxidation sites excluding steroid dienone is 2. The Kier molecular flexibility index (Phi) is 16.8. The molecule has 0 saturated carbocycles. The minimum absolute atomic E-state index is 0.397. The van der Waals surface area contributed by atoms with E-state index in [2.05, 4.69) is 26.8 Å². The van der Waals surface area contributed by atoms with Crippen LogP contribution in [0, 0.1) is 5.92 Å². The van der Waals surface area contributed by atoms with Gasteiger partial charge in [0.15, 0.2) is 0 Å². The number of hydrogen-bond donors (Lipinski definition) is 1. The lowest BCUT2D eigenvalue weighted by Crippen LogP contribution is -2.06. The Morgan fingerprint density at radius 1 is 0.818 bits per heavy atom. The van der Waals surface area contributed by atoms with Crippen LogP contribution in [-0.4, -0.2) is 11.7 Å². The fourth-order valence-electron chi connectivity index (χ4n) is 3.21. The number of aliphatic hydroxyl groups is 1. The molecule has 0 fully saturated rings. The van der Waals surface area contributed by atoms with Gasteiger partial charge in [0.2, 0.25) is 0 Å². The summed E-state index contributed by atoms with van der Waals surface area (Å²) in [7, 11) is 0. The molecule has 1 atom stereocenters. The van der Waals surface area contributed by atoms with E-state index in [9.17, 15) is 5.11 Å². The van der Waals surface area contributed by atoms with Gasteiger partial charge in [0, 0.05) is 6.61 Å². The van der Waals surface area contributed by atoms with Crippen molar-refractivity contribution in [2.45, 2.75) is 111 Å². The van der Waals surface area contributed by atoms with Crippen LogP contribution in [0.25, 0.3) is 0 Å². The van der Waals surface area contributed by atoms with Crippen LogP contribution in [-0.2, 0) is 0 Å². The van der Waals surface area contributed by atoms with E-state index in [0.717, 1.165) is 0 Å². The quantitative estimate of drug-likeness (QED) is 0.239. The summed E-state index contributed by atoms with van der Waals surface area (Å²) >= 11 is 0. The summed E-state index contributed by atoms with van der Waals surface area (Å²) < 4.78 is 0. The van der Waals surface area contributed by atoms with Crippen LogP contribution in [0.4, 0.5) is 0 Å². The van der Waals surface area contributed by atoms with E-state index in [1.165, 1.54) is 89.9 Å². The number of unbranched alkanes of at least 4 members (excludes halogenated alkanes) is 7. The molecule has 132 valence electrons. The molecule has 0 aromatic heterocycles. The second-order valence-electron chi connectivity index (χ2n) is 6.83. The van der Waals surface area contributed by atoms with Crippen LogP contribution in [0.1, 0.15) is 111 Å². The number of aliphatic hydroxyl groups excluding tert-OH is 1. The van der Waals surface area contributed by atoms with E-state index in [1.807, 2.05) is 0 Å². The molecule has 0 aromatic rings. The molecule has 0 aliphatic carbocycles. The second kappa shape index (κ2) is 17.1. The van der Waals surface area contributed by atoms with Gasteiger partial charge in [-0.3, -0.25) is 0 Å². The van der Waals surface area contributed by atoms with Crippen LogP contribution in [0.3, 0.4) is 0 Å². The standard InChI is InChI=1S/C21H42O/c1-4-7-8-12-17-21(19-22)18-14-11-9-10-13-16-20(6-3)15-5-2/h15,21-22H,4-14,16-19H2,1-3H3. The zero-order valence-electron chi connectivity index (χ0n) is 15.7. The molecule has 0 saturated heterocycles. The summed E-state index contributed by atoms with van der Waals surface area (Å²) in [6.07, 6.45) is 20.7. The third-order valence-corrected chi connectivity index (χ3v) is 4.78. The molecule has 1 nitrogen and oxygen atoms in total. The largest absolute Gasteiger partial charge is 0.396 e. The topological polar surface area (TPSA) is 20.2 Å². The van der Waals surface area contributed by atoms with Crippen molar-refractivity contribution in [3.05, 3.63) is 11.6 Å². The van der Waals surface area contributed by atoms with Crippen LogP contribution in [0.5, 0.6) is 0 Å². The third kappa shape index (κ3) is 13.4. The van der Waals surface area contributed by atoms with Crippen molar-refractivity contribution < 1.29 is 5.11 Å². The molecule has 0 amide bonds. The van der Waals surface area contributed by atoms with Gasteiger partial charge in [0.05, 0.1) is 0 Å². The first-order valence-electron chi connectivity index (χ1n) is 10.1. The molecule has 1 heteroatoms. The van der Waals surface area contributed by atoms with Gasteiger partial charge in [-0.2, -0.15) is 0 Å². The molecule has 0 aromatic carbocycles. The van der Waals surface area contributed by atoms with Crippen molar-refractivity contribution in [2.75, 3.05) is 6.61 Å². The maximum Gasteiger partial charge on any atom is 0.0459 e. The fraction of sp³-hybridized carbons (Fsp3) is 0.905. The van der Waals surface area contributed by atoms with Gasteiger partial charge in [0.25, 0.3) is 0 Å². The first-order chi connectivity index (χ1) is 10.8. The Labute approximate surface area is 140 Å². The molecule has 0 aliphatic rings. The molecular weight excluding hydrogens is 268 g/mol. The van der Waals surface area contributed by atoms with E-state index >= 15 is 0 Å². The predicted octanol–water partition coefficient (Wildman–Crippen LogP) is 7.04. The maximum absolute atomic E-state index is 9.46. The van der Waals surface area contributed by atoms with Crippen molar-refractivity contribution in [2.24, 2.45) is 5.92 Å². The molecule has 22 heavy (non-hydrogen) atoms. The highest BCUT2D eigenvalue weighted by atomic mass is 16.3. The lowest BCUT2D eigenvalue weighted by atomic mass is 9.95. The normalized spacial score (nSPS) is 13.5. The Bertz CT molecular complexity index is 244. The van der Waals surface area contributed by atoms with Gasteiger partial charge >= 0.3 is 0 Å². The molecule has 0 heterocycles. The summed E-state index contributed by atoms with van der Waals surface area (Å²) in [6, 6.07) is 0. The van der Waals surface area contributed by atoms with E-state index in [-0.39, 0.29) is 0 Å². The first kappa shape index (κ1) is 21.7. The predicted molar refractivity (Wildman–Crippen MR) is 100 cm³/mol. The van der Waals surface area contributed by atoms with Crippen molar-refractivity contribution in [1.29, 1.82) is 0 Å². The van der Waals surface area contributed by atoms with Gasteiger partial charge in [-0.15, -0.1) is 0 Å². The molecule has 1 unspecified atom stereocenters. The van der Waals surface area contributed by atoms with Crippen molar-refractivity contribution >= 4 is 0 Å². The summed E-state index contributed by atoms with van der Waals surface area (Å²) in [5, 5.41) is 9.46. The van der Waals surface area contributed by atoms with E-state index in [1.54, 1.807) is 5.57 Å². The van der Waals surface area contributed by atoms with Crippen molar-refractivity contribution in [3.63, 3.8) is 0 Å². The number of rotatable bonds is 16. The summed E-state index contributed by atoms with van der Waals surface area (Å²) in [5.74, 6) is 0.566. The zero-order valence-corrected chi connectivity index (χ0v) is 15.7. The van der Waals surface area contributed by atoms with E-state index in [4.69, 9.17) is 0 Å². The van der Waals surface area contributed by atoms with Crippen LogP contribution >= 0.6 is 0 Å². The third-order valence-electron chi connectivity index (χ3n) is 4.78. The summed E-state index contributed by atoms with van der Waals surface area (Å²) in [6.45, 7) is 7.16. The smallest absolute Gasteiger partial charge is 0.0459 e. The first-order valence-corrected chi connectivity index (χ1v) is 10.1. The van der Waals surface area contributed by atoms with Gasteiger partial charge in [0.1, 0.15) is 0 Å². The lowest BCUT2D eigenvalue weighted by molar-refractivity contribution is 0.204.